The van der Waals surface area contributed by atoms with E-state index in [1.165, 1.54) is 7.11 Å². The Kier molecular flexibility index (Phi) is 7.28. The zero-order valence-corrected chi connectivity index (χ0v) is 14.2. The van der Waals surface area contributed by atoms with Crippen LogP contribution >= 0.6 is 0 Å². The fourth-order valence-corrected chi connectivity index (χ4v) is 2.45. The zero-order chi connectivity index (χ0) is 17.5. The van der Waals surface area contributed by atoms with E-state index in [2.05, 4.69) is 10.1 Å². The molecule has 0 radical (unpaired) electrons. The normalized spacial score (nSPS) is 21.6. The number of carbonyl (C=O) groups is 3. The Bertz CT molecular complexity index is 421. The minimum atomic E-state index is -0.562. The van der Waals surface area contributed by atoms with Gasteiger partial charge in [-0.05, 0) is 20.8 Å². The van der Waals surface area contributed by atoms with Crippen molar-refractivity contribution in [1.29, 1.82) is 0 Å². The zero-order valence-electron chi connectivity index (χ0n) is 14.2. The maximum absolute atomic E-state index is 11.7. The minimum absolute atomic E-state index is 0.0304. The number of methoxy groups -OCH3 is 1. The van der Waals surface area contributed by atoms with Crippen LogP contribution in [0.1, 0.15) is 33.6 Å². The number of amides is 1. The second kappa shape index (κ2) is 8.71. The molecule has 1 fully saturated rings. The number of ether oxygens (including phenoxy) is 3. The van der Waals surface area contributed by atoms with Crippen LogP contribution < -0.4 is 5.32 Å². The summed E-state index contributed by atoms with van der Waals surface area (Å²) in [5.41, 5.74) is -0.562. The third kappa shape index (κ3) is 7.32. The molecule has 132 valence electrons. The third-order valence-corrected chi connectivity index (χ3v) is 3.45. The Balaban J connectivity index is 2.51. The summed E-state index contributed by atoms with van der Waals surface area (Å²) in [6.45, 7) is 7.15. The molecule has 0 aliphatic carbocycles. The fourth-order valence-electron chi connectivity index (χ4n) is 2.45. The van der Waals surface area contributed by atoms with Crippen LogP contribution in [0.25, 0.3) is 0 Å². The lowest BCUT2D eigenvalue weighted by atomic mass is 10.2. The smallest absolute Gasteiger partial charge is 0.407 e. The van der Waals surface area contributed by atoms with Gasteiger partial charge in [0.1, 0.15) is 11.7 Å². The molecule has 0 aromatic rings. The second-order valence-electron chi connectivity index (χ2n) is 6.45. The summed E-state index contributed by atoms with van der Waals surface area (Å²) >= 11 is 0. The highest BCUT2D eigenvalue weighted by atomic mass is 16.6. The Morgan fingerprint density at radius 1 is 1.35 bits per heavy atom. The average Bonchev–Trinajstić information content (AvgIpc) is 2.83. The van der Waals surface area contributed by atoms with Gasteiger partial charge < -0.3 is 19.5 Å². The van der Waals surface area contributed by atoms with E-state index in [1.807, 2.05) is 4.90 Å². The monoisotopic (exact) mass is 330 g/mol. The largest absolute Gasteiger partial charge is 0.469 e. The minimum Gasteiger partial charge on any atom is -0.469 e. The SMILES string of the molecule is COC(=O)CCN1C[C@@H](OC=O)C[C@@H]1CNC(=O)OC(C)(C)C. The van der Waals surface area contributed by atoms with Gasteiger partial charge in [0.2, 0.25) is 0 Å². The first-order valence-corrected chi connectivity index (χ1v) is 7.62. The number of rotatable bonds is 7. The van der Waals surface area contributed by atoms with Crippen molar-refractivity contribution in [3.05, 3.63) is 0 Å². The van der Waals surface area contributed by atoms with Gasteiger partial charge in [-0.1, -0.05) is 0 Å². The molecule has 0 saturated carbocycles. The molecule has 23 heavy (non-hydrogen) atoms. The molecule has 8 heteroatoms. The molecule has 2 atom stereocenters. The second-order valence-corrected chi connectivity index (χ2v) is 6.45. The van der Waals surface area contributed by atoms with Gasteiger partial charge in [-0.3, -0.25) is 14.5 Å². The molecule has 1 aliphatic heterocycles. The van der Waals surface area contributed by atoms with Crippen molar-refractivity contribution in [2.75, 3.05) is 26.7 Å². The van der Waals surface area contributed by atoms with Crippen molar-refractivity contribution >= 4 is 18.5 Å². The van der Waals surface area contributed by atoms with E-state index in [0.717, 1.165) is 0 Å². The van der Waals surface area contributed by atoms with Crippen molar-refractivity contribution in [1.82, 2.24) is 10.2 Å². The number of carbonyl (C=O) groups excluding carboxylic acids is 3. The van der Waals surface area contributed by atoms with E-state index < -0.39 is 11.7 Å². The topological polar surface area (TPSA) is 94.2 Å². The first-order chi connectivity index (χ1) is 10.7. The van der Waals surface area contributed by atoms with Gasteiger partial charge >= 0.3 is 12.1 Å². The van der Waals surface area contributed by atoms with Gasteiger partial charge in [-0.25, -0.2) is 4.79 Å². The average molecular weight is 330 g/mol. The summed E-state index contributed by atoms with van der Waals surface area (Å²) in [7, 11) is 1.34. The lowest BCUT2D eigenvalue weighted by molar-refractivity contribution is -0.141. The van der Waals surface area contributed by atoms with Gasteiger partial charge in [0.25, 0.3) is 6.47 Å². The summed E-state index contributed by atoms with van der Waals surface area (Å²) < 4.78 is 14.8. The van der Waals surface area contributed by atoms with Crippen LogP contribution in [0.3, 0.4) is 0 Å². The molecule has 0 spiro atoms. The van der Waals surface area contributed by atoms with Crippen molar-refractivity contribution in [2.24, 2.45) is 0 Å². The first kappa shape index (κ1) is 19.2. The van der Waals surface area contributed by atoms with E-state index in [1.54, 1.807) is 20.8 Å². The Labute approximate surface area is 136 Å². The van der Waals surface area contributed by atoms with Crippen LogP contribution in [-0.4, -0.2) is 67.9 Å². The summed E-state index contributed by atoms with van der Waals surface area (Å²) in [4.78, 5) is 35.5. The Morgan fingerprint density at radius 2 is 2.04 bits per heavy atom. The predicted molar refractivity (Wildman–Crippen MR) is 81.8 cm³/mol. The molecule has 1 amide bonds. The van der Waals surface area contributed by atoms with Gasteiger partial charge in [0, 0.05) is 32.1 Å². The van der Waals surface area contributed by atoms with E-state index in [9.17, 15) is 14.4 Å². The molecular formula is C15H26N2O6. The highest BCUT2D eigenvalue weighted by Crippen LogP contribution is 2.20. The van der Waals surface area contributed by atoms with Crippen LogP contribution in [0.15, 0.2) is 0 Å². The predicted octanol–water partition coefficient (Wildman–Crippen LogP) is 0.690. The summed E-state index contributed by atoms with van der Waals surface area (Å²) in [5.74, 6) is -0.302. The molecule has 1 rings (SSSR count). The van der Waals surface area contributed by atoms with E-state index in [4.69, 9.17) is 9.47 Å². The molecule has 0 unspecified atom stereocenters. The summed E-state index contributed by atoms with van der Waals surface area (Å²) in [5, 5.41) is 2.71. The molecule has 1 saturated heterocycles. The molecule has 1 N–H and O–H groups in total. The molecular weight excluding hydrogens is 304 g/mol. The molecule has 0 aromatic heterocycles. The van der Waals surface area contributed by atoms with Crippen LogP contribution in [0.2, 0.25) is 0 Å². The number of nitrogens with one attached hydrogen (secondary N) is 1. The number of esters is 1. The number of hydrogen-bond acceptors (Lipinski definition) is 7. The van der Waals surface area contributed by atoms with E-state index >= 15 is 0 Å². The maximum atomic E-state index is 11.7. The number of hydrogen-bond donors (Lipinski definition) is 1. The molecule has 0 aromatic carbocycles. The molecule has 8 nitrogen and oxygen atoms in total. The molecule has 0 bridgehead atoms. The standard InChI is InChI=1S/C15H26N2O6/c1-15(2,3)23-14(20)16-8-11-7-12(22-10-18)9-17(11)6-5-13(19)21-4/h10-12H,5-9H2,1-4H3,(H,16,20)/t11-,12+/m1/s1. The number of nitrogens with zero attached hydrogens (tertiary/aromatic N) is 1. The number of alkyl carbamates (subject to hydrolysis) is 1. The fraction of sp³-hybridized carbons (Fsp3) is 0.800. The van der Waals surface area contributed by atoms with Crippen LogP contribution in [0.4, 0.5) is 4.79 Å². The lowest BCUT2D eigenvalue weighted by Gasteiger charge is -2.25. The van der Waals surface area contributed by atoms with Crippen molar-refractivity contribution in [2.45, 2.75) is 51.4 Å². The molecule has 1 aliphatic rings. The Morgan fingerprint density at radius 3 is 2.61 bits per heavy atom. The van der Waals surface area contributed by atoms with Gasteiger partial charge in [-0.15, -0.1) is 0 Å². The van der Waals surface area contributed by atoms with Crippen LogP contribution in [0, 0.1) is 0 Å². The summed E-state index contributed by atoms with van der Waals surface area (Å²) in [6.07, 6.45) is 0.101. The first-order valence-electron chi connectivity index (χ1n) is 7.62. The third-order valence-electron chi connectivity index (χ3n) is 3.45. The van der Waals surface area contributed by atoms with Crippen molar-refractivity contribution in [3.8, 4) is 0 Å². The van der Waals surface area contributed by atoms with Crippen molar-refractivity contribution < 1.29 is 28.6 Å². The highest BCUT2D eigenvalue weighted by molar-refractivity contribution is 5.69. The highest BCUT2D eigenvalue weighted by Gasteiger charge is 2.33. The summed E-state index contributed by atoms with van der Waals surface area (Å²) in [6, 6.07) is -0.0304. The molecule has 1 heterocycles. The van der Waals surface area contributed by atoms with Crippen LogP contribution in [0.5, 0.6) is 0 Å². The van der Waals surface area contributed by atoms with Gasteiger partial charge in [0.05, 0.1) is 13.5 Å². The Hall–Kier alpha value is -1.83. The van der Waals surface area contributed by atoms with Gasteiger partial charge in [0.15, 0.2) is 0 Å². The van der Waals surface area contributed by atoms with Gasteiger partial charge in [-0.2, -0.15) is 0 Å². The maximum Gasteiger partial charge on any atom is 0.407 e. The van der Waals surface area contributed by atoms with E-state index in [-0.39, 0.29) is 24.5 Å². The quantitative estimate of drug-likeness (QED) is 0.417. The van der Waals surface area contributed by atoms with E-state index in [0.29, 0.717) is 32.5 Å². The van der Waals surface area contributed by atoms with Crippen LogP contribution in [-0.2, 0) is 23.8 Å². The lowest BCUT2D eigenvalue weighted by Crippen LogP contribution is -2.42. The van der Waals surface area contributed by atoms with Crippen molar-refractivity contribution in [3.63, 3.8) is 0 Å². The number of likely N-dealkylation sites (tertiary alicyclic amines) is 1.